The second-order valence-electron chi connectivity index (χ2n) is 12.1. The van der Waals surface area contributed by atoms with Crippen molar-refractivity contribution in [1.29, 1.82) is 5.26 Å². The molecule has 7 atom stereocenters. The van der Waals surface area contributed by atoms with Gasteiger partial charge in [0.1, 0.15) is 5.41 Å². The summed E-state index contributed by atoms with van der Waals surface area (Å²) in [4.78, 5) is 13.4. The van der Waals surface area contributed by atoms with Crippen LogP contribution in [0.5, 0.6) is 0 Å². The Morgan fingerprint density at radius 2 is 1.88 bits per heavy atom. The molecule has 0 aromatic carbocycles. The molecule has 4 aliphatic carbocycles. The van der Waals surface area contributed by atoms with E-state index in [2.05, 4.69) is 39.8 Å². The van der Waals surface area contributed by atoms with Crippen molar-refractivity contribution in [3.8, 4) is 6.07 Å². The molecule has 3 saturated carbocycles. The monoisotopic (exact) mass is 455 g/mol. The van der Waals surface area contributed by atoms with Gasteiger partial charge in [-0.05, 0) is 55.3 Å². The fraction of sp³-hybridized carbons (Fsp3) is 0.862. The smallest absolute Gasteiger partial charge is 0.316 e. The van der Waals surface area contributed by atoms with Crippen LogP contribution in [0, 0.1) is 57.2 Å². The van der Waals surface area contributed by atoms with Crippen LogP contribution >= 0.6 is 0 Å². The number of hydrogen-bond acceptors (Lipinski definition) is 3. The molecule has 0 aromatic heterocycles. The molecule has 3 unspecified atom stereocenters. The molecular weight excluding hydrogens is 410 g/mol. The van der Waals surface area contributed by atoms with E-state index in [9.17, 15) is 15.2 Å². The molecule has 4 heteroatoms. The van der Waals surface area contributed by atoms with Crippen molar-refractivity contribution in [1.82, 2.24) is 0 Å². The minimum atomic E-state index is -1.08. The number of fused-ring (bicyclic) bond motifs is 2. The van der Waals surface area contributed by atoms with E-state index in [1.54, 1.807) is 0 Å². The largest absolute Gasteiger partial charge is 0.481 e. The summed E-state index contributed by atoms with van der Waals surface area (Å²) in [7, 11) is 0. The summed E-state index contributed by atoms with van der Waals surface area (Å²) in [6.45, 7) is 9.98. The first-order chi connectivity index (χ1) is 15.8. The Kier molecular flexibility index (Phi) is 7.03. The summed E-state index contributed by atoms with van der Waals surface area (Å²) in [5.74, 6) is 0.744. The maximum atomic E-state index is 13.4. The molecule has 0 heterocycles. The van der Waals surface area contributed by atoms with Gasteiger partial charge in [-0.15, -0.1) is 0 Å². The highest BCUT2D eigenvalue weighted by Crippen LogP contribution is 2.83. The Hall–Kier alpha value is -1.34. The van der Waals surface area contributed by atoms with Gasteiger partial charge in [0.15, 0.2) is 0 Å². The number of aliphatic carboxylic acids is 1. The van der Waals surface area contributed by atoms with E-state index in [0.29, 0.717) is 31.5 Å². The van der Waals surface area contributed by atoms with Crippen molar-refractivity contribution in [2.75, 3.05) is 13.2 Å². The van der Waals surface area contributed by atoms with E-state index < -0.39 is 22.2 Å². The summed E-state index contributed by atoms with van der Waals surface area (Å²) in [6.07, 6.45) is 14.7. The van der Waals surface area contributed by atoms with E-state index in [4.69, 9.17) is 4.74 Å². The molecule has 33 heavy (non-hydrogen) atoms. The van der Waals surface area contributed by atoms with E-state index in [1.165, 1.54) is 38.5 Å². The molecule has 0 spiro atoms. The summed E-state index contributed by atoms with van der Waals surface area (Å²) >= 11 is 0. The molecule has 0 amide bonds. The molecule has 0 radical (unpaired) electrons. The van der Waals surface area contributed by atoms with Gasteiger partial charge < -0.3 is 9.84 Å². The van der Waals surface area contributed by atoms with Crippen molar-refractivity contribution in [3.63, 3.8) is 0 Å². The normalized spacial score (nSPS) is 40.7. The Morgan fingerprint density at radius 3 is 2.52 bits per heavy atom. The zero-order chi connectivity index (χ0) is 23.9. The van der Waals surface area contributed by atoms with Crippen molar-refractivity contribution in [3.05, 3.63) is 11.6 Å². The van der Waals surface area contributed by atoms with Gasteiger partial charge in [-0.1, -0.05) is 84.3 Å². The lowest BCUT2D eigenvalue weighted by Crippen LogP contribution is -2.62. The standard InChI is InChI=1S/C29H45NO3/c1-5-6-7-8-9-10-11-14-33-19-28-17-23-21(4)12-13-24(23)27(18-30)16-22(28)15-25(20(2)3)29(27,28)26(31)32/h15,20-24H,5-14,16-17,19H2,1-4H3,(H,31,32)/t21?,22-,23?,24?,27-,28-,29-/m0/s1. The average Bonchev–Trinajstić information content (AvgIpc) is 3.35. The SMILES string of the molecule is CCCCCCCCCOC[C@@]12CC3C(C)CCC3[C@@]3(C#N)C[C@@H]1C=C(C(C)C)[C@@]23C(=O)O. The maximum absolute atomic E-state index is 13.4. The zero-order valence-electron chi connectivity index (χ0n) is 21.4. The molecule has 4 nitrogen and oxygen atoms in total. The van der Waals surface area contributed by atoms with Crippen molar-refractivity contribution in [2.24, 2.45) is 45.8 Å². The third-order valence-electron chi connectivity index (χ3n) is 10.3. The topological polar surface area (TPSA) is 70.3 Å². The molecular formula is C29H45NO3. The van der Waals surface area contributed by atoms with Crippen LogP contribution in [0.1, 0.15) is 98.3 Å². The van der Waals surface area contributed by atoms with Crippen LogP contribution in [0.25, 0.3) is 0 Å². The summed E-state index contributed by atoms with van der Waals surface area (Å²) < 4.78 is 6.37. The second-order valence-corrected chi connectivity index (χ2v) is 12.1. The van der Waals surface area contributed by atoms with E-state index >= 15 is 0 Å². The molecule has 4 rings (SSSR count). The first-order valence-electron chi connectivity index (χ1n) is 13.8. The molecule has 0 aromatic rings. The quantitative estimate of drug-likeness (QED) is 0.254. The van der Waals surface area contributed by atoms with Crippen molar-refractivity contribution in [2.45, 2.75) is 98.3 Å². The van der Waals surface area contributed by atoms with Crippen LogP contribution in [0.2, 0.25) is 0 Å². The highest BCUT2D eigenvalue weighted by molar-refractivity contribution is 5.85. The average molecular weight is 456 g/mol. The predicted molar refractivity (Wildman–Crippen MR) is 130 cm³/mol. The molecule has 0 saturated heterocycles. The first kappa shape index (κ1) is 24.8. The number of carbonyl (C=O) groups is 1. The number of nitriles is 1. The van der Waals surface area contributed by atoms with Gasteiger partial charge in [-0.25, -0.2) is 0 Å². The van der Waals surface area contributed by atoms with E-state index in [-0.39, 0.29) is 17.8 Å². The number of carboxylic acid groups (broad SMARTS) is 1. The minimum absolute atomic E-state index is 0.136. The van der Waals surface area contributed by atoms with Gasteiger partial charge >= 0.3 is 5.97 Å². The highest BCUT2D eigenvalue weighted by Gasteiger charge is 2.84. The van der Waals surface area contributed by atoms with Crippen LogP contribution in [0.4, 0.5) is 0 Å². The number of rotatable bonds is 12. The van der Waals surface area contributed by atoms with Gasteiger partial charge in [-0.2, -0.15) is 5.26 Å². The van der Waals surface area contributed by atoms with Gasteiger partial charge in [0.25, 0.3) is 0 Å². The van der Waals surface area contributed by atoms with Gasteiger partial charge in [0, 0.05) is 12.0 Å². The van der Waals surface area contributed by atoms with Crippen molar-refractivity contribution >= 4 is 5.97 Å². The maximum Gasteiger partial charge on any atom is 0.316 e. The molecule has 1 N–H and O–H groups in total. The molecule has 184 valence electrons. The fourth-order valence-electron chi connectivity index (χ4n) is 8.95. The summed E-state index contributed by atoms with van der Waals surface area (Å²) in [5, 5.41) is 21.7. The number of hydrogen-bond donors (Lipinski definition) is 1. The first-order valence-corrected chi connectivity index (χ1v) is 13.8. The zero-order valence-corrected chi connectivity index (χ0v) is 21.4. The number of nitrogens with zero attached hydrogens (tertiary/aromatic N) is 1. The Morgan fingerprint density at radius 1 is 1.18 bits per heavy atom. The Labute approximate surface area is 201 Å². The Balaban J connectivity index is 1.57. The van der Waals surface area contributed by atoms with Gasteiger partial charge in [0.2, 0.25) is 0 Å². The molecule has 4 bridgehead atoms. The molecule has 3 fully saturated rings. The predicted octanol–water partition coefficient (Wildman–Crippen LogP) is 7.00. The fourth-order valence-corrected chi connectivity index (χ4v) is 8.95. The van der Waals surface area contributed by atoms with Gasteiger partial charge in [-0.3, -0.25) is 4.79 Å². The van der Waals surface area contributed by atoms with Crippen LogP contribution < -0.4 is 0 Å². The van der Waals surface area contributed by atoms with E-state index in [1.807, 2.05) is 0 Å². The van der Waals surface area contributed by atoms with Crippen LogP contribution in [0.3, 0.4) is 0 Å². The minimum Gasteiger partial charge on any atom is -0.481 e. The van der Waals surface area contributed by atoms with Gasteiger partial charge in [0.05, 0.1) is 18.1 Å². The number of ether oxygens (including phenoxy) is 1. The van der Waals surface area contributed by atoms with Crippen LogP contribution in [-0.4, -0.2) is 24.3 Å². The third kappa shape index (κ3) is 3.35. The third-order valence-corrected chi connectivity index (χ3v) is 10.3. The summed E-state index contributed by atoms with van der Waals surface area (Å²) in [5.41, 5.74) is -1.31. The molecule has 0 aliphatic heterocycles. The molecule has 4 aliphatic rings. The number of unbranched alkanes of at least 4 members (excludes halogenated alkanes) is 6. The second kappa shape index (κ2) is 9.37. The van der Waals surface area contributed by atoms with Crippen molar-refractivity contribution < 1.29 is 14.6 Å². The summed E-state index contributed by atoms with van der Waals surface area (Å²) in [6, 6.07) is 2.72. The number of carboxylic acids is 1. The van der Waals surface area contributed by atoms with Crippen LogP contribution in [0.15, 0.2) is 11.6 Å². The lowest BCUT2D eigenvalue weighted by Gasteiger charge is -2.57. The van der Waals surface area contributed by atoms with E-state index in [0.717, 1.165) is 31.3 Å². The Bertz CT molecular complexity index is 812. The lowest BCUT2D eigenvalue weighted by molar-refractivity contribution is -0.179. The highest BCUT2D eigenvalue weighted by atomic mass is 16.5. The lowest BCUT2D eigenvalue weighted by atomic mass is 9.43. The number of allylic oxidation sites excluding steroid dienone is 1. The van der Waals surface area contributed by atoms with Crippen LogP contribution in [-0.2, 0) is 9.53 Å².